The number of halogens is 6. The first kappa shape index (κ1) is 29.2. The van der Waals surface area contributed by atoms with Gasteiger partial charge in [0, 0.05) is 19.4 Å². The highest BCUT2D eigenvalue weighted by molar-refractivity contribution is 7.92. The fourth-order valence-corrected chi connectivity index (χ4v) is 4.69. The quantitative estimate of drug-likeness (QED) is 0.0861. The van der Waals surface area contributed by atoms with Crippen molar-refractivity contribution in [2.75, 3.05) is 11.9 Å². The minimum Gasteiger partial charge on any atom is -0.420 e. The highest BCUT2D eigenvalue weighted by Gasteiger charge is 2.28. The molecular weight excluding hydrogens is 557 g/mol. The number of nitrogens with zero attached hydrogens (tertiary/aromatic N) is 2. The van der Waals surface area contributed by atoms with Crippen molar-refractivity contribution >= 4 is 33.4 Å². The van der Waals surface area contributed by atoms with Gasteiger partial charge in [0.2, 0.25) is 40.8 Å². The third-order valence-corrected chi connectivity index (χ3v) is 7.87. The van der Waals surface area contributed by atoms with Crippen LogP contribution in [0, 0.1) is 29.1 Å². The molecule has 0 saturated heterocycles. The maximum Gasteiger partial charge on any atom is 0.311 e. The Morgan fingerprint density at radius 1 is 1.03 bits per heavy atom. The molecule has 14 heteroatoms. The van der Waals surface area contributed by atoms with Gasteiger partial charge in [-0.25, -0.2) is 31.6 Å². The van der Waals surface area contributed by atoms with Crippen LogP contribution in [0.3, 0.4) is 0 Å². The van der Waals surface area contributed by atoms with E-state index in [9.17, 15) is 35.2 Å². The van der Waals surface area contributed by atoms with Crippen LogP contribution in [0.25, 0.3) is 0 Å². The van der Waals surface area contributed by atoms with Crippen LogP contribution in [-0.2, 0) is 21.1 Å². The van der Waals surface area contributed by atoms with Gasteiger partial charge in [-0.15, -0.1) is 0 Å². The summed E-state index contributed by atoms with van der Waals surface area (Å²) >= 11 is 6.21. The minimum atomic E-state index is -3.56. The number of carbonyl (C=O) groups excluding carboxylic acids is 1. The number of anilines is 1. The number of esters is 1. The molecular formula is C24H21ClF5N3O4S. The molecule has 0 unspecified atom stereocenters. The third kappa shape index (κ3) is 6.38. The van der Waals surface area contributed by atoms with Crippen molar-refractivity contribution in [3.8, 4) is 5.75 Å². The normalized spacial score (nSPS) is 11.6. The first-order chi connectivity index (χ1) is 17.8. The molecule has 7 nitrogen and oxygen atoms in total. The zero-order valence-electron chi connectivity index (χ0n) is 20.0. The maximum absolute atomic E-state index is 13.7. The summed E-state index contributed by atoms with van der Waals surface area (Å²) in [6, 6.07) is 6.46. The summed E-state index contributed by atoms with van der Waals surface area (Å²) in [6.45, 7) is 3.21. The molecule has 2 aromatic carbocycles. The van der Waals surface area contributed by atoms with Gasteiger partial charge in [0.25, 0.3) is 0 Å². The van der Waals surface area contributed by atoms with Gasteiger partial charge in [-0.05, 0) is 31.9 Å². The molecule has 1 aromatic heterocycles. The largest absolute Gasteiger partial charge is 0.420 e. The maximum atomic E-state index is 13.7. The van der Waals surface area contributed by atoms with E-state index in [4.69, 9.17) is 11.6 Å². The smallest absolute Gasteiger partial charge is 0.311 e. The number of aromatic nitrogens is 2. The van der Waals surface area contributed by atoms with Gasteiger partial charge >= 0.3 is 5.97 Å². The number of carbonyl (C=O) groups is 1. The molecule has 38 heavy (non-hydrogen) atoms. The molecule has 0 saturated carbocycles. The summed E-state index contributed by atoms with van der Waals surface area (Å²) in [6.07, 6.45) is 0.980. The molecule has 0 radical (unpaired) electrons. The highest BCUT2D eigenvalue weighted by Crippen LogP contribution is 2.29. The van der Waals surface area contributed by atoms with E-state index in [-0.39, 0.29) is 35.3 Å². The molecule has 3 aromatic rings. The number of hydrogen-bond acceptors (Lipinski definition) is 7. The van der Waals surface area contributed by atoms with Gasteiger partial charge in [-0.3, -0.25) is 4.79 Å². The first-order valence-electron chi connectivity index (χ1n) is 11.1. The van der Waals surface area contributed by atoms with Gasteiger partial charge in [-0.1, -0.05) is 29.8 Å². The van der Waals surface area contributed by atoms with E-state index < -0.39 is 62.3 Å². The van der Waals surface area contributed by atoms with Crippen molar-refractivity contribution in [2.45, 2.75) is 43.3 Å². The second-order valence-corrected chi connectivity index (χ2v) is 11.1. The monoisotopic (exact) mass is 577 g/mol. The van der Waals surface area contributed by atoms with Gasteiger partial charge in [0.1, 0.15) is 0 Å². The second kappa shape index (κ2) is 12.0. The molecule has 204 valence electrons. The molecule has 0 aliphatic carbocycles. The fraction of sp³-hybridized carbons (Fsp3) is 0.292. The zero-order valence-corrected chi connectivity index (χ0v) is 21.6. The molecule has 0 spiro atoms. The van der Waals surface area contributed by atoms with E-state index in [1.165, 1.54) is 12.3 Å². The van der Waals surface area contributed by atoms with Gasteiger partial charge in [0.05, 0.1) is 27.1 Å². The fourth-order valence-electron chi connectivity index (χ4n) is 3.25. The van der Waals surface area contributed by atoms with Crippen LogP contribution >= 0.6 is 11.6 Å². The van der Waals surface area contributed by atoms with Crippen molar-refractivity contribution < 1.29 is 39.9 Å². The van der Waals surface area contributed by atoms with Crippen LogP contribution in [0.1, 0.15) is 37.9 Å². The van der Waals surface area contributed by atoms with Crippen LogP contribution in [0.5, 0.6) is 5.75 Å². The van der Waals surface area contributed by atoms with Crippen molar-refractivity contribution in [3.05, 3.63) is 75.8 Å². The third-order valence-electron chi connectivity index (χ3n) is 5.30. The predicted octanol–water partition coefficient (Wildman–Crippen LogP) is 5.40. The van der Waals surface area contributed by atoms with Crippen molar-refractivity contribution in [1.82, 2.24) is 9.97 Å². The molecule has 3 rings (SSSR count). The Bertz CT molecular complexity index is 1440. The van der Waals surface area contributed by atoms with E-state index in [2.05, 4.69) is 20.0 Å². The van der Waals surface area contributed by atoms with E-state index >= 15 is 0 Å². The Hall–Kier alpha value is -3.32. The van der Waals surface area contributed by atoms with Crippen LogP contribution < -0.4 is 10.1 Å². The molecule has 0 amide bonds. The van der Waals surface area contributed by atoms with E-state index in [0.29, 0.717) is 11.3 Å². The molecule has 0 fully saturated rings. The Labute approximate surface area is 219 Å². The van der Waals surface area contributed by atoms with E-state index in [1.807, 2.05) is 0 Å². The van der Waals surface area contributed by atoms with Crippen molar-refractivity contribution in [3.63, 3.8) is 0 Å². The standard InChI is InChI=1S/C24H21ClF5N3O4S/c1-12(2)38(35,36)16-7-4-3-6-13(16)10-15-14(25)11-32-24(33-15)31-9-5-8-17(34)37-23-21(29)19(27)18(26)20(28)22(23)30/h3-4,6-7,11-12H,5,8-10H2,1-2H3,(H,31,32,33). The van der Waals surface area contributed by atoms with Crippen molar-refractivity contribution in [2.24, 2.45) is 0 Å². The number of nitrogens with one attached hydrogen (secondary N) is 1. The minimum absolute atomic E-state index is 0.0189. The summed E-state index contributed by atoms with van der Waals surface area (Å²) in [5.41, 5.74) is 0.824. The Morgan fingerprint density at radius 2 is 1.63 bits per heavy atom. The van der Waals surface area contributed by atoms with Crippen molar-refractivity contribution in [1.29, 1.82) is 0 Å². The van der Waals surface area contributed by atoms with Gasteiger partial charge in [0.15, 0.2) is 9.84 Å². The molecule has 1 heterocycles. The summed E-state index contributed by atoms with van der Waals surface area (Å²) in [5, 5.41) is 2.36. The second-order valence-electron chi connectivity index (χ2n) is 8.27. The Balaban J connectivity index is 1.63. The lowest BCUT2D eigenvalue weighted by Gasteiger charge is -2.14. The molecule has 0 aliphatic heterocycles. The number of ether oxygens (including phenoxy) is 1. The highest BCUT2D eigenvalue weighted by atomic mass is 35.5. The lowest BCUT2D eigenvalue weighted by atomic mass is 10.1. The SMILES string of the molecule is CC(C)S(=O)(=O)c1ccccc1Cc1nc(NCCCC(=O)Oc2c(F)c(F)c(F)c(F)c2F)ncc1Cl. The lowest BCUT2D eigenvalue weighted by molar-refractivity contribution is -0.134. The zero-order chi connectivity index (χ0) is 28.2. The average Bonchev–Trinajstić information content (AvgIpc) is 2.88. The summed E-state index contributed by atoms with van der Waals surface area (Å²) in [4.78, 5) is 20.3. The van der Waals surface area contributed by atoms with Crippen LogP contribution in [0.4, 0.5) is 27.9 Å². The lowest BCUT2D eigenvalue weighted by Crippen LogP contribution is -2.16. The molecule has 0 bridgehead atoms. The molecule has 1 N–H and O–H groups in total. The molecule has 0 atom stereocenters. The first-order valence-corrected chi connectivity index (χ1v) is 13.1. The Kier molecular flexibility index (Phi) is 9.26. The predicted molar refractivity (Wildman–Crippen MR) is 128 cm³/mol. The Morgan fingerprint density at radius 3 is 2.26 bits per heavy atom. The van der Waals surface area contributed by atoms with Gasteiger partial charge in [-0.2, -0.15) is 8.78 Å². The topological polar surface area (TPSA) is 98.2 Å². The number of rotatable bonds is 10. The van der Waals surface area contributed by atoms with Crippen LogP contribution in [0.15, 0.2) is 35.4 Å². The van der Waals surface area contributed by atoms with E-state index in [1.54, 1.807) is 32.0 Å². The summed E-state index contributed by atoms with van der Waals surface area (Å²) in [5.74, 6) is -14.1. The van der Waals surface area contributed by atoms with Crippen LogP contribution in [0.2, 0.25) is 5.02 Å². The molecule has 0 aliphatic rings. The van der Waals surface area contributed by atoms with E-state index in [0.717, 1.165) is 0 Å². The summed E-state index contributed by atoms with van der Waals surface area (Å²) < 4.78 is 96.7. The average molecular weight is 578 g/mol. The van der Waals surface area contributed by atoms with Gasteiger partial charge < -0.3 is 10.1 Å². The number of benzene rings is 2. The number of hydrogen-bond donors (Lipinski definition) is 1. The number of sulfone groups is 1. The van der Waals surface area contributed by atoms with Crippen LogP contribution in [-0.4, -0.2) is 36.1 Å². The summed E-state index contributed by atoms with van der Waals surface area (Å²) in [7, 11) is -3.56.